The van der Waals surface area contributed by atoms with E-state index in [1.807, 2.05) is 103 Å². The molecule has 0 radical (unpaired) electrons. The maximum atomic E-state index is 14.7. The minimum Gasteiger partial charge on any atom is -0.386 e. The molecule has 0 unspecified atom stereocenters. The molecule has 5 heteroatoms. The van der Waals surface area contributed by atoms with E-state index in [-0.39, 0.29) is 0 Å². The van der Waals surface area contributed by atoms with Crippen LogP contribution in [-0.4, -0.2) is 0 Å². The molecular weight excluding hydrogens is 527 g/mol. The van der Waals surface area contributed by atoms with E-state index < -0.39 is 18.7 Å². The van der Waals surface area contributed by atoms with Gasteiger partial charge in [0, 0.05) is 22.0 Å². The highest BCUT2D eigenvalue weighted by atomic mass is 31.2. The maximum Gasteiger partial charge on any atom is 0.647 e. The van der Waals surface area contributed by atoms with E-state index in [1.165, 1.54) is 0 Å². The summed E-state index contributed by atoms with van der Waals surface area (Å²) in [5.74, 6) is 1.25. The van der Waals surface area contributed by atoms with Crippen LogP contribution in [-0.2, 0) is 15.4 Å². The van der Waals surface area contributed by atoms with Crippen molar-refractivity contribution in [3.05, 3.63) is 162 Å². The molecule has 5 aromatic carbocycles. The van der Waals surface area contributed by atoms with Crippen LogP contribution in [0.1, 0.15) is 49.9 Å². The summed E-state index contributed by atoms with van der Waals surface area (Å²) in [5.41, 5.74) is 3.05. The third-order valence-corrected chi connectivity index (χ3v) is 8.77. The molecule has 5 rings (SSSR count). The number of benzene rings is 5. The Kier molecular flexibility index (Phi) is 8.06. The predicted octanol–water partition coefficient (Wildman–Crippen LogP) is 9.98. The van der Waals surface area contributed by atoms with Gasteiger partial charge in [-0.15, -0.1) is 0 Å². The molecule has 0 heterocycles. The first-order valence-electron chi connectivity index (χ1n) is 13.7. The summed E-state index contributed by atoms with van der Waals surface area (Å²) in [6.07, 6.45) is 0. The third kappa shape index (κ3) is 6.24. The smallest absolute Gasteiger partial charge is 0.386 e. The van der Waals surface area contributed by atoms with E-state index in [2.05, 4.69) is 52.0 Å². The molecule has 0 bridgehead atoms. The topological polar surface area (TPSA) is 44.8 Å². The zero-order chi connectivity index (χ0) is 28.9. The SMILES string of the molecule is CC(C)(c1ccccc1)c1ccccc1OP(=O)(Oc1ccccc1)Oc1ccccc1C(C)(C)c1ccccc1. The average Bonchev–Trinajstić information content (AvgIpc) is 2.99. The second kappa shape index (κ2) is 11.7. The van der Waals surface area contributed by atoms with Crippen molar-refractivity contribution in [2.24, 2.45) is 0 Å². The zero-order valence-electron chi connectivity index (χ0n) is 23.9. The van der Waals surface area contributed by atoms with Gasteiger partial charge < -0.3 is 13.6 Å². The van der Waals surface area contributed by atoms with Crippen LogP contribution < -0.4 is 13.6 Å². The minimum atomic E-state index is -4.26. The van der Waals surface area contributed by atoms with Crippen molar-refractivity contribution in [1.82, 2.24) is 0 Å². The van der Waals surface area contributed by atoms with Gasteiger partial charge in [-0.3, -0.25) is 0 Å². The molecule has 0 amide bonds. The van der Waals surface area contributed by atoms with Gasteiger partial charge in [-0.05, 0) is 35.4 Å². The molecule has 0 fully saturated rings. The quantitative estimate of drug-likeness (QED) is 0.159. The van der Waals surface area contributed by atoms with Crippen LogP contribution in [0.3, 0.4) is 0 Å². The lowest BCUT2D eigenvalue weighted by atomic mass is 9.78. The Hall–Kier alpha value is -4.27. The van der Waals surface area contributed by atoms with Crippen molar-refractivity contribution in [1.29, 1.82) is 0 Å². The lowest BCUT2D eigenvalue weighted by Crippen LogP contribution is -2.22. The number of hydrogen-bond donors (Lipinski definition) is 0. The van der Waals surface area contributed by atoms with Gasteiger partial charge in [-0.25, -0.2) is 0 Å². The molecule has 0 aliphatic rings. The van der Waals surface area contributed by atoms with E-state index >= 15 is 0 Å². The minimum absolute atomic E-state index is 0.385. The molecule has 208 valence electrons. The van der Waals surface area contributed by atoms with Crippen molar-refractivity contribution in [3.63, 3.8) is 0 Å². The summed E-state index contributed by atoms with van der Waals surface area (Å²) < 4.78 is 33.4. The highest BCUT2D eigenvalue weighted by molar-refractivity contribution is 7.49. The average molecular weight is 563 g/mol. The first kappa shape index (κ1) is 28.3. The van der Waals surface area contributed by atoms with Crippen molar-refractivity contribution < 1.29 is 18.1 Å². The predicted molar refractivity (Wildman–Crippen MR) is 166 cm³/mol. The van der Waals surface area contributed by atoms with Crippen LogP contribution in [0.4, 0.5) is 0 Å². The van der Waals surface area contributed by atoms with Crippen molar-refractivity contribution in [3.8, 4) is 17.2 Å². The fourth-order valence-electron chi connectivity index (χ4n) is 5.05. The molecular formula is C36H35O4P. The Morgan fingerprint density at radius 1 is 0.439 bits per heavy atom. The highest BCUT2D eigenvalue weighted by Gasteiger charge is 2.38. The van der Waals surface area contributed by atoms with Gasteiger partial charge >= 0.3 is 7.82 Å². The normalized spacial score (nSPS) is 12.0. The molecule has 0 atom stereocenters. The monoisotopic (exact) mass is 562 g/mol. The Balaban J connectivity index is 1.57. The Bertz CT molecular complexity index is 1530. The highest BCUT2D eigenvalue weighted by Crippen LogP contribution is 2.53. The number of phosphoric acid groups is 1. The van der Waals surface area contributed by atoms with E-state index in [4.69, 9.17) is 13.6 Å². The molecule has 0 N–H and O–H groups in total. The van der Waals surface area contributed by atoms with Crippen LogP contribution in [0.5, 0.6) is 17.2 Å². The Labute approximate surface area is 243 Å². The van der Waals surface area contributed by atoms with Crippen LogP contribution in [0, 0.1) is 0 Å². The summed E-state index contributed by atoms with van der Waals surface area (Å²) in [5, 5.41) is 0. The number of hydrogen-bond acceptors (Lipinski definition) is 4. The fourth-order valence-corrected chi connectivity index (χ4v) is 6.34. The summed E-state index contributed by atoms with van der Waals surface area (Å²) >= 11 is 0. The van der Waals surface area contributed by atoms with E-state index in [0.717, 1.165) is 22.3 Å². The van der Waals surface area contributed by atoms with Crippen LogP contribution >= 0.6 is 7.82 Å². The van der Waals surface area contributed by atoms with Crippen molar-refractivity contribution >= 4 is 7.82 Å². The number of rotatable bonds is 10. The van der Waals surface area contributed by atoms with Gasteiger partial charge in [0.25, 0.3) is 0 Å². The third-order valence-electron chi connectivity index (χ3n) is 7.49. The lowest BCUT2D eigenvalue weighted by Gasteiger charge is -2.31. The van der Waals surface area contributed by atoms with E-state index in [0.29, 0.717) is 17.2 Å². The number of para-hydroxylation sites is 3. The Morgan fingerprint density at radius 3 is 1.20 bits per heavy atom. The summed E-state index contributed by atoms with van der Waals surface area (Å²) in [6.45, 7) is 8.47. The largest absolute Gasteiger partial charge is 0.647 e. The Morgan fingerprint density at radius 2 is 0.780 bits per heavy atom. The maximum absolute atomic E-state index is 14.7. The van der Waals surface area contributed by atoms with Crippen molar-refractivity contribution in [2.75, 3.05) is 0 Å². The molecule has 5 aromatic rings. The lowest BCUT2D eigenvalue weighted by molar-refractivity contribution is 0.294. The molecule has 0 aromatic heterocycles. The molecule has 0 saturated heterocycles. The molecule has 0 aliphatic heterocycles. The first-order chi connectivity index (χ1) is 19.7. The second-order valence-corrected chi connectivity index (χ2v) is 12.5. The van der Waals surface area contributed by atoms with Crippen LogP contribution in [0.25, 0.3) is 0 Å². The van der Waals surface area contributed by atoms with E-state index in [9.17, 15) is 4.57 Å². The summed E-state index contributed by atoms with van der Waals surface area (Å²) in [6, 6.07) is 44.5. The molecule has 41 heavy (non-hydrogen) atoms. The van der Waals surface area contributed by atoms with Gasteiger partial charge in [0.05, 0.1) is 0 Å². The standard InChI is InChI=1S/C36H35O4P/c1-35(2,28-18-8-5-9-19-28)31-24-14-16-26-33(31)39-41(37,38-30-22-12-7-13-23-30)40-34-27-17-15-25-32(34)36(3,4)29-20-10-6-11-21-29/h5-27H,1-4H3. The second-order valence-electron chi connectivity index (χ2n) is 11.0. The van der Waals surface area contributed by atoms with Gasteiger partial charge in [0.1, 0.15) is 17.2 Å². The first-order valence-corrected chi connectivity index (χ1v) is 15.2. The van der Waals surface area contributed by atoms with Gasteiger partial charge in [0.2, 0.25) is 0 Å². The van der Waals surface area contributed by atoms with Crippen LogP contribution in [0.15, 0.2) is 140 Å². The molecule has 0 saturated carbocycles. The molecule has 0 aliphatic carbocycles. The number of phosphoric ester groups is 1. The van der Waals surface area contributed by atoms with Crippen LogP contribution in [0.2, 0.25) is 0 Å². The molecule has 4 nitrogen and oxygen atoms in total. The van der Waals surface area contributed by atoms with Gasteiger partial charge in [-0.2, -0.15) is 4.57 Å². The van der Waals surface area contributed by atoms with E-state index in [1.54, 1.807) is 12.1 Å². The van der Waals surface area contributed by atoms with Gasteiger partial charge in [-0.1, -0.05) is 143 Å². The summed E-state index contributed by atoms with van der Waals surface area (Å²) in [7, 11) is -4.26. The van der Waals surface area contributed by atoms with Gasteiger partial charge in [0.15, 0.2) is 0 Å². The van der Waals surface area contributed by atoms with Crippen molar-refractivity contribution in [2.45, 2.75) is 38.5 Å². The summed E-state index contributed by atoms with van der Waals surface area (Å²) in [4.78, 5) is 0. The zero-order valence-corrected chi connectivity index (χ0v) is 24.8. The molecule has 0 spiro atoms. The fraction of sp³-hybridized carbons (Fsp3) is 0.167.